The zero-order valence-corrected chi connectivity index (χ0v) is 15.6. The summed E-state index contributed by atoms with van der Waals surface area (Å²) in [4.78, 5) is 14.5. The molecule has 0 aliphatic carbocycles. The Bertz CT molecular complexity index is 507. The Morgan fingerprint density at radius 2 is 2.04 bits per heavy atom. The highest BCUT2D eigenvalue weighted by Crippen LogP contribution is 2.23. The Hall–Kier alpha value is -0.520. The highest BCUT2D eigenvalue weighted by atomic mass is 35.5. The molecule has 1 aromatic carbocycles. The SMILES string of the molecule is CC(Cc1ccc(Cl)cc1Cl)C(=O)NCCN1CCNCC1.Cl. The van der Waals surface area contributed by atoms with Crippen LogP contribution in [0.15, 0.2) is 18.2 Å². The van der Waals surface area contributed by atoms with Gasteiger partial charge in [-0.15, -0.1) is 12.4 Å². The molecule has 0 radical (unpaired) electrons. The average Bonchev–Trinajstić information content (AvgIpc) is 2.51. The molecule has 1 aliphatic rings. The number of halogens is 3. The summed E-state index contributed by atoms with van der Waals surface area (Å²) >= 11 is 12.0. The largest absolute Gasteiger partial charge is 0.355 e. The van der Waals surface area contributed by atoms with Crippen LogP contribution in [0.3, 0.4) is 0 Å². The van der Waals surface area contributed by atoms with E-state index in [1.54, 1.807) is 12.1 Å². The van der Waals surface area contributed by atoms with Gasteiger partial charge in [-0.3, -0.25) is 9.69 Å². The van der Waals surface area contributed by atoms with Gasteiger partial charge >= 0.3 is 0 Å². The lowest BCUT2D eigenvalue weighted by Gasteiger charge is -2.27. The summed E-state index contributed by atoms with van der Waals surface area (Å²) in [6.45, 7) is 7.67. The van der Waals surface area contributed by atoms with Crippen LogP contribution in [0, 0.1) is 5.92 Å². The van der Waals surface area contributed by atoms with Crippen LogP contribution >= 0.6 is 35.6 Å². The number of benzene rings is 1. The third-order valence-electron chi connectivity index (χ3n) is 3.93. The summed E-state index contributed by atoms with van der Waals surface area (Å²) in [5.41, 5.74) is 0.954. The van der Waals surface area contributed by atoms with E-state index in [0.717, 1.165) is 38.3 Å². The third kappa shape index (κ3) is 6.86. The average molecular weight is 381 g/mol. The predicted octanol–water partition coefficient (Wildman–Crippen LogP) is 2.62. The van der Waals surface area contributed by atoms with E-state index in [9.17, 15) is 4.79 Å². The number of carbonyl (C=O) groups excluding carboxylic acids is 1. The maximum Gasteiger partial charge on any atom is 0.223 e. The van der Waals surface area contributed by atoms with Crippen molar-refractivity contribution in [3.8, 4) is 0 Å². The van der Waals surface area contributed by atoms with Gasteiger partial charge in [0, 0.05) is 55.2 Å². The van der Waals surface area contributed by atoms with E-state index in [0.29, 0.717) is 23.0 Å². The molecule has 0 saturated carbocycles. The number of carbonyl (C=O) groups is 1. The van der Waals surface area contributed by atoms with E-state index in [1.807, 2.05) is 13.0 Å². The number of hydrogen-bond donors (Lipinski definition) is 2. The molecule has 2 N–H and O–H groups in total. The lowest BCUT2D eigenvalue weighted by molar-refractivity contribution is -0.124. The summed E-state index contributed by atoms with van der Waals surface area (Å²) in [5, 5.41) is 7.56. The van der Waals surface area contributed by atoms with Crippen molar-refractivity contribution in [2.75, 3.05) is 39.3 Å². The standard InChI is InChI=1S/C16H23Cl2N3O.ClH/c1-12(10-13-2-3-14(17)11-15(13)18)16(22)20-6-9-21-7-4-19-5-8-21;/h2-3,11-12,19H,4-10H2,1H3,(H,20,22);1H. The predicted molar refractivity (Wildman–Crippen MR) is 98.9 cm³/mol. The van der Waals surface area contributed by atoms with Crippen molar-refractivity contribution in [1.29, 1.82) is 0 Å². The molecular weight excluding hydrogens is 357 g/mol. The molecule has 1 heterocycles. The van der Waals surface area contributed by atoms with Crippen LogP contribution in [0.2, 0.25) is 10.0 Å². The van der Waals surface area contributed by atoms with E-state index in [2.05, 4.69) is 15.5 Å². The van der Waals surface area contributed by atoms with Gasteiger partial charge in [0.15, 0.2) is 0 Å². The van der Waals surface area contributed by atoms with Crippen LogP contribution in [0.1, 0.15) is 12.5 Å². The van der Waals surface area contributed by atoms with Gasteiger partial charge < -0.3 is 10.6 Å². The number of hydrogen-bond acceptors (Lipinski definition) is 3. The van der Waals surface area contributed by atoms with Crippen LogP contribution in [0.4, 0.5) is 0 Å². The van der Waals surface area contributed by atoms with Gasteiger partial charge in [0.2, 0.25) is 5.91 Å². The maximum absolute atomic E-state index is 12.2. The molecule has 1 aromatic rings. The highest BCUT2D eigenvalue weighted by molar-refractivity contribution is 6.35. The first-order chi connectivity index (χ1) is 10.6. The maximum atomic E-state index is 12.2. The molecule has 23 heavy (non-hydrogen) atoms. The molecule has 7 heteroatoms. The van der Waals surface area contributed by atoms with E-state index < -0.39 is 0 Å². The molecule has 1 fully saturated rings. The van der Waals surface area contributed by atoms with E-state index >= 15 is 0 Å². The lowest BCUT2D eigenvalue weighted by atomic mass is 10.0. The van der Waals surface area contributed by atoms with Crippen molar-refractivity contribution in [2.45, 2.75) is 13.3 Å². The number of rotatable bonds is 6. The van der Waals surface area contributed by atoms with Gasteiger partial charge in [-0.2, -0.15) is 0 Å². The van der Waals surface area contributed by atoms with Crippen LogP contribution in [0.5, 0.6) is 0 Å². The van der Waals surface area contributed by atoms with E-state index in [4.69, 9.17) is 23.2 Å². The Morgan fingerprint density at radius 1 is 1.35 bits per heavy atom. The van der Waals surface area contributed by atoms with Crippen molar-refractivity contribution in [3.63, 3.8) is 0 Å². The number of amides is 1. The quantitative estimate of drug-likeness (QED) is 0.797. The van der Waals surface area contributed by atoms with Gasteiger partial charge in [0.25, 0.3) is 0 Å². The molecule has 0 bridgehead atoms. The second kappa shape index (κ2) is 10.4. The molecule has 2 rings (SSSR count). The fourth-order valence-electron chi connectivity index (χ4n) is 2.56. The molecule has 130 valence electrons. The summed E-state index contributed by atoms with van der Waals surface area (Å²) in [5.74, 6) is -0.0390. The van der Waals surface area contributed by atoms with Crippen LogP contribution in [-0.2, 0) is 11.2 Å². The number of piperazine rings is 1. The Balaban J connectivity index is 0.00000264. The van der Waals surface area contributed by atoms with Crippen LogP contribution in [-0.4, -0.2) is 50.1 Å². The third-order valence-corrected chi connectivity index (χ3v) is 4.51. The Labute approximate surface area is 154 Å². The molecule has 1 aliphatic heterocycles. The highest BCUT2D eigenvalue weighted by Gasteiger charge is 2.16. The minimum absolute atomic E-state index is 0. The lowest BCUT2D eigenvalue weighted by Crippen LogP contribution is -2.46. The van der Waals surface area contributed by atoms with Crippen LogP contribution in [0.25, 0.3) is 0 Å². The molecule has 1 atom stereocenters. The van der Waals surface area contributed by atoms with Gasteiger partial charge in [-0.25, -0.2) is 0 Å². The summed E-state index contributed by atoms with van der Waals surface area (Å²) in [6.07, 6.45) is 0.621. The van der Waals surface area contributed by atoms with Crippen molar-refractivity contribution in [3.05, 3.63) is 33.8 Å². The van der Waals surface area contributed by atoms with E-state index in [1.165, 1.54) is 0 Å². The van der Waals surface area contributed by atoms with Crippen molar-refractivity contribution in [1.82, 2.24) is 15.5 Å². The number of nitrogens with zero attached hydrogens (tertiary/aromatic N) is 1. The summed E-state index contributed by atoms with van der Waals surface area (Å²) in [7, 11) is 0. The topological polar surface area (TPSA) is 44.4 Å². The minimum atomic E-state index is -0.110. The first-order valence-electron chi connectivity index (χ1n) is 7.71. The molecule has 1 amide bonds. The summed E-state index contributed by atoms with van der Waals surface area (Å²) in [6, 6.07) is 5.40. The normalized spacial score (nSPS) is 16.5. The molecule has 4 nitrogen and oxygen atoms in total. The van der Waals surface area contributed by atoms with Crippen molar-refractivity contribution >= 4 is 41.5 Å². The molecule has 0 aromatic heterocycles. The van der Waals surface area contributed by atoms with Gasteiger partial charge in [-0.05, 0) is 24.1 Å². The van der Waals surface area contributed by atoms with Crippen molar-refractivity contribution < 1.29 is 4.79 Å². The number of nitrogens with one attached hydrogen (secondary N) is 2. The fourth-order valence-corrected chi connectivity index (χ4v) is 3.04. The van der Waals surface area contributed by atoms with Gasteiger partial charge in [-0.1, -0.05) is 36.2 Å². The molecule has 0 spiro atoms. The first kappa shape index (κ1) is 20.5. The Morgan fingerprint density at radius 3 is 2.70 bits per heavy atom. The zero-order chi connectivity index (χ0) is 15.9. The second-order valence-electron chi connectivity index (χ2n) is 5.72. The fraction of sp³-hybridized carbons (Fsp3) is 0.562. The van der Waals surface area contributed by atoms with E-state index in [-0.39, 0.29) is 24.2 Å². The van der Waals surface area contributed by atoms with Gasteiger partial charge in [0.05, 0.1) is 0 Å². The van der Waals surface area contributed by atoms with Gasteiger partial charge in [0.1, 0.15) is 0 Å². The zero-order valence-electron chi connectivity index (χ0n) is 13.3. The minimum Gasteiger partial charge on any atom is -0.355 e. The second-order valence-corrected chi connectivity index (χ2v) is 6.57. The molecule has 1 unspecified atom stereocenters. The first-order valence-corrected chi connectivity index (χ1v) is 8.46. The summed E-state index contributed by atoms with van der Waals surface area (Å²) < 4.78 is 0. The monoisotopic (exact) mass is 379 g/mol. The Kier molecular flexibility index (Phi) is 9.25. The smallest absolute Gasteiger partial charge is 0.223 e. The molecular formula is C16H24Cl3N3O. The van der Waals surface area contributed by atoms with Crippen LogP contribution < -0.4 is 10.6 Å². The van der Waals surface area contributed by atoms with Crippen molar-refractivity contribution in [2.24, 2.45) is 5.92 Å². The molecule has 1 saturated heterocycles.